The fraction of sp³-hybridized carbons (Fsp3) is 0.818. The maximum Gasteiger partial charge on any atom is 0.308 e. The highest BCUT2D eigenvalue weighted by Gasteiger charge is 2.25. The number of Topliss-reactive ketones (excluding diaryl/α,β-unsaturated/α-hetero) is 1. The molecule has 1 saturated heterocycles. The quantitative estimate of drug-likeness (QED) is 0.665. The van der Waals surface area contributed by atoms with Crippen molar-refractivity contribution >= 4 is 11.8 Å². The van der Waals surface area contributed by atoms with E-state index in [2.05, 4.69) is 4.74 Å². The van der Waals surface area contributed by atoms with E-state index < -0.39 is 0 Å². The molecule has 0 saturated carbocycles. The lowest BCUT2D eigenvalue weighted by Gasteiger charge is -2.28. The van der Waals surface area contributed by atoms with Crippen LogP contribution in [0.4, 0.5) is 0 Å². The zero-order chi connectivity index (χ0) is 11.3. The molecule has 1 aliphatic heterocycles. The second-order valence-electron chi connectivity index (χ2n) is 4.00. The van der Waals surface area contributed by atoms with Gasteiger partial charge in [0.15, 0.2) is 0 Å². The van der Waals surface area contributed by atoms with Crippen LogP contribution in [-0.4, -0.2) is 31.1 Å². The molecule has 0 aromatic heterocycles. The fourth-order valence-corrected chi connectivity index (χ4v) is 1.87. The van der Waals surface area contributed by atoms with Crippen molar-refractivity contribution in [2.24, 2.45) is 0 Å². The van der Waals surface area contributed by atoms with E-state index >= 15 is 0 Å². The molecule has 0 aromatic rings. The molecule has 0 spiro atoms. The molecule has 1 fully saturated rings. The largest absolute Gasteiger partial charge is 0.469 e. The van der Waals surface area contributed by atoms with Crippen molar-refractivity contribution < 1.29 is 19.1 Å². The Morgan fingerprint density at radius 1 is 1.27 bits per heavy atom. The number of ether oxygens (including phenoxy) is 2. The summed E-state index contributed by atoms with van der Waals surface area (Å²) in [5.41, 5.74) is 0. The van der Waals surface area contributed by atoms with E-state index in [1.54, 1.807) is 6.92 Å². The number of esters is 1. The highest BCUT2D eigenvalue weighted by molar-refractivity contribution is 5.76. The normalized spacial score (nSPS) is 26.0. The smallest absolute Gasteiger partial charge is 0.308 e. The van der Waals surface area contributed by atoms with Crippen LogP contribution in [0.15, 0.2) is 0 Å². The molecule has 0 radical (unpaired) electrons. The fourth-order valence-electron chi connectivity index (χ4n) is 1.87. The third-order valence-electron chi connectivity index (χ3n) is 2.57. The van der Waals surface area contributed by atoms with Gasteiger partial charge in [0.1, 0.15) is 5.78 Å². The number of carbonyl (C=O) groups excluding carboxylic acids is 2. The molecular formula is C11H18O4. The van der Waals surface area contributed by atoms with Crippen LogP contribution in [0.3, 0.4) is 0 Å². The van der Waals surface area contributed by atoms with Crippen LogP contribution in [0.25, 0.3) is 0 Å². The molecule has 1 aliphatic rings. The lowest BCUT2D eigenvalue weighted by Crippen LogP contribution is -2.30. The topological polar surface area (TPSA) is 52.6 Å². The molecular weight excluding hydrogens is 196 g/mol. The summed E-state index contributed by atoms with van der Waals surface area (Å²) in [7, 11) is 1.37. The van der Waals surface area contributed by atoms with Gasteiger partial charge in [-0.3, -0.25) is 9.59 Å². The Bertz CT molecular complexity index is 237. The van der Waals surface area contributed by atoms with Crippen LogP contribution < -0.4 is 0 Å². The van der Waals surface area contributed by atoms with Gasteiger partial charge < -0.3 is 9.47 Å². The number of hydrogen-bond acceptors (Lipinski definition) is 4. The number of ketones is 1. The monoisotopic (exact) mass is 214 g/mol. The minimum Gasteiger partial charge on any atom is -0.469 e. The van der Waals surface area contributed by atoms with E-state index in [1.807, 2.05) is 0 Å². The van der Waals surface area contributed by atoms with Crippen LogP contribution in [0.2, 0.25) is 0 Å². The molecule has 15 heavy (non-hydrogen) atoms. The van der Waals surface area contributed by atoms with Crippen molar-refractivity contribution in [3.63, 3.8) is 0 Å². The van der Waals surface area contributed by atoms with Gasteiger partial charge >= 0.3 is 5.97 Å². The molecule has 86 valence electrons. The molecule has 4 nitrogen and oxygen atoms in total. The molecule has 1 heterocycles. The summed E-state index contributed by atoms with van der Waals surface area (Å²) >= 11 is 0. The minimum absolute atomic E-state index is 0.00842. The lowest BCUT2D eigenvalue weighted by molar-refractivity contribution is -0.147. The van der Waals surface area contributed by atoms with Gasteiger partial charge in [0.05, 0.1) is 25.7 Å². The first kappa shape index (κ1) is 12.2. The van der Waals surface area contributed by atoms with Gasteiger partial charge in [-0.1, -0.05) is 0 Å². The number of methoxy groups -OCH3 is 1. The van der Waals surface area contributed by atoms with Crippen molar-refractivity contribution in [1.29, 1.82) is 0 Å². The number of carbonyl (C=O) groups is 2. The first-order chi connectivity index (χ1) is 7.11. The maximum absolute atomic E-state index is 11.0. The molecule has 2 atom stereocenters. The summed E-state index contributed by atoms with van der Waals surface area (Å²) in [6.07, 6.45) is 3.48. The number of hydrogen-bond donors (Lipinski definition) is 0. The van der Waals surface area contributed by atoms with Crippen LogP contribution in [0.5, 0.6) is 0 Å². The average Bonchev–Trinajstić information content (AvgIpc) is 2.17. The molecule has 1 rings (SSSR count). The maximum atomic E-state index is 11.0. The Balaban J connectivity index is 2.35. The molecule has 0 aromatic carbocycles. The summed E-state index contributed by atoms with van der Waals surface area (Å²) in [4.78, 5) is 22.0. The molecule has 0 unspecified atom stereocenters. The molecule has 0 bridgehead atoms. The van der Waals surface area contributed by atoms with E-state index in [0.29, 0.717) is 12.8 Å². The zero-order valence-electron chi connectivity index (χ0n) is 9.32. The second kappa shape index (κ2) is 5.85. The highest BCUT2D eigenvalue weighted by Crippen LogP contribution is 2.23. The van der Waals surface area contributed by atoms with E-state index in [0.717, 1.165) is 19.3 Å². The van der Waals surface area contributed by atoms with Gasteiger partial charge in [-0.05, 0) is 26.2 Å². The van der Waals surface area contributed by atoms with Crippen molar-refractivity contribution in [2.75, 3.05) is 7.11 Å². The first-order valence-corrected chi connectivity index (χ1v) is 5.33. The Hall–Kier alpha value is -0.900. The Morgan fingerprint density at radius 3 is 2.40 bits per heavy atom. The van der Waals surface area contributed by atoms with E-state index in [4.69, 9.17) is 4.74 Å². The van der Waals surface area contributed by atoms with Gasteiger partial charge in [-0.15, -0.1) is 0 Å². The van der Waals surface area contributed by atoms with Crippen LogP contribution in [-0.2, 0) is 19.1 Å². The van der Waals surface area contributed by atoms with Crippen molar-refractivity contribution in [3.8, 4) is 0 Å². The average molecular weight is 214 g/mol. The predicted octanol–water partition coefficient (Wildman–Crippen LogP) is 1.47. The van der Waals surface area contributed by atoms with Crippen molar-refractivity contribution in [1.82, 2.24) is 0 Å². The zero-order valence-corrected chi connectivity index (χ0v) is 9.32. The summed E-state index contributed by atoms with van der Waals surface area (Å²) in [5.74, 6) is -0.109. The predicted molar refractivity (Wildman–Crippen MR) is 54.4 cm³/mol. The second-order valence-corrected chi connectivity index (χ2v) is 4.00. The molecule has 0 N–H and O–H groups in total. The van der Waals surface area contributed by atoms with Crippen LogP contribution in [0, 0.1) is 0 Å². The molecule has 0 aliphatic carbocycles. The molecule has 0 amide bonds. The van der Waals surface area contributed by atoms with Gasteiger partial charge in [-0.25, -0.2) is 0 Å². The van der Waals surface area contributed by atoms with Crippen LogP contribution >= 0.6 is 0 Å². The van der Waals surface area contributed by atoms with Crippen molar-refractivity contribution in [2.45, 2.75) is 51.2 Å². The Morgan fingerprint density at radius 2 is 1.87 bits per heavy atom. The van der Waals surface area contributed by atoms with Crippen molar-refractivity contribution in [3.05, 3.63) is 0 Å². The third kappa shape index (κ3) is 4.42. The summed E-state index contributed by atoms with van der Waals surface area (Å²) in [6, 6.07) is 0. The summed E-state index contributed by atoms with van der Waals surface area (Å²) in [5, 5.41) is 0. The van der Waals surface area contributed by atoms with E-state index in [-0.39, 0.29) is 24.0 Å². The lowest BCUT2D eigenvalue weighted by atomic mass is 9.99. The standard InChI is InChI=1S/C11H18O4/c1-8(12)6-9-4-3-5-10(15-9)7-11(13)14-2/h9-10H,3-7H2,1-2H3/t9-,10+/m1/s1. The molecule has 4 heteroatoms. The Kier molecular flexibility index (Phi) is 4.75. The third-order valence-corrected chi connectivity index (χ3v) is 2.57. The van der Waals surface area contributed by atoms with Gasteiger partial charge in [0, 0.05) is 6.42 Å². The highest BCUT2D eigenvalue weighted by atomic mass is 16.5. The summed E-state index contributed by atoms with van der Waals surface area (Å²) in [6.45, 7) is 1.56. The summed E-state index contributed by atoms with van der Waals surface area (Å²) < 4.78 is 10.2. The Labute approximate surface area is 89.9 Å². The first-order valence-electron chi connectivity index (χ1n) is 5.33. The van der Waals surface area contributed by atoms with Gasteiger partial charge in [-0.2, -0.15) is 0 Å². The van der Waals surface area contributed by atoms with E-state index in [9.17, 15) is 9.59 Å². The van der Waals surface area contributed by atoms with Gasteiger partial charge in [0.2, 0.25) is 0 Å². The van der Waals surface area contributed by atoms with Gasteiger partial charge in [0.25, 0.3) is 0 Å². The minimum atomic E-state index is -0.247. The van der Waals surface area contributed by atoms with Crippen LogP contribution in [0.1, 0.15) is 39.0 Å². The van der Waals surface area contributed by atoms with E-state index in [1.165, 1.54) is 7.11 Å². The number of rotatable bonds is 4. The SMILES string of the molecule is COC(=O)C[C@@H]1CCC[C@H](CC(C)=O)O1.